The fourth-order valence-electron chi connectivity index (χ4n) is 1.99. The number of hydrogen-bond acceptors (Lipinski definition) is 3. The Labute approximate surface area is 106 Å². The number of aromatic nitrogens is 1. The quantitative estimate of drug-likeness (QED) is 0.892. The number of amides is 1. The molecule has 0 bridgehead atoms. The van der Waals surface area contributed by atoms with E-state index in [4.69, 9.17) is 4.74 Å². The first kappa shape index (κ1) is 13.0. The minimum Gasteiger partial charge on any atom is -0.381 e. The number of ether oxygens (including phenoxy) is 1. The van der Waals surface area contributed by atoms with Gasteiger partial charge in [0.05, 0.1) is 11.8 Å². The molecule has 0 spiro atoms. The van der Waals surface area contributed by atoms with Gasteiger partial charge in [-0.05, 0) is 24.3 Å². The van der Waals surface area contributed by atoms with Crippen LogP contribution in [0.2, 0.25) is 0 Å². The van der Waals surface area contributed by atoms with Crippen LogP contribution in [0, 0.1) is 11.2 Å². The summed E-state index contributed by atoms with van der Waals surface area (Å²) in [6.07, 6.45) is 4.28. The van der Waals surface area contributed by atoms with E-state index in [1.807, 2.05) is 0 Å². The molecule has 0 radical (unpaired) electrons. The molecular weight excluding hydrogens is 235 g/mol. The third kappa shape index (κ3) is 3.04. The molecule has 1 aliphatic heterocycles. The van der Waals surface area contributed by atoms with Gasteiger partial charge in [0.15, 0.2) is 5.82 Å². The van der Waals surface area contributed by atoms with Crippen LogP contribution >= 0.6 is 0 Å². The number of pyridine rings is 1. The Morgan fingerprint density at radius 1 is 1.56 bits per heavy atom. The Morgan fingerprint density at radius 3 is 2.94 bits per heavy atom. The van der Waals surface area contributed by atoms with E-state index in [0.717, 1.165) is 32.3 Å². The molecule has 0 unspecified atom stereocenters. The minimum atomic E-state index is -0.591. The van der Waals surface area contributed by atoms with E-state index in [1.165, 1.54) is 12.3 Å². The topological polar surface area (TPSA) is 51.2 Å². The highest BCUT2D eigenvalue weighted by Gasteiger charge is 2.28. The first-order valence-electron chi connectivity index (χ1n) is 6.06. The predicted molar refractivity (Wildman–Crippen MR) is 64.7 cm³/mol. The lowest BCUT2D eigenvalue weighted by Crippen LogP contribution is -2.39. The van der Waals surface area contributed by atoms with Crippen LogP contribution in [-0.4, -0.2) is 30.6 Å². The molecule has 1 aromatic heterocycles. The average Bonchev–Trinajstić information content (AvgIpc) is 2.38. The number of carbonyl (C=O) groups is 1. The number of hydrogen-bond donors (Lipinski definition) is 1. The van der Waals surface area contributed by atoms with E-state index in [2.05, 4.69) is 17.2 Å². The molecule has 0 saturated carbocycles. The smallest absolute Gasteiger partial charge is 0.254 e. The summed E-state index contributed by atoms with van der Waals surface area (Å²) in [5.41, 5.74) is 0.0814. The van der Waals surface area contributed by atoms with Crippen LogP contribution in [0.5, 0.6) is 0 Å². The number of nitrogens with one attached hydrogen (secondary N) is 1. The van der Waals surface area contributed by atoms with Gasteiger partial charge in [-0.3, -0.25) is 9.78 Å². The van der Waals surface area contributed by atoms with Crippen molar-refractivity contribution >= 4 is 5.91 Å². The molecule has 5 heteroatoms. The van der Waals surface area contributed by atoms with E-state index in [9.17, 15) is 9.18 Å². The summed E-state index contributed by atoms with van der Waals surface area (Å²) in [5, 5.41) is 2.79. The first-order chi connectivity index (χ1) is 8.61. The third-order valence-corrected chi connectivity index (χ3v) is 3.39. The normalized spacial score (nSPS) is 18.3. The van der Waals surface area contributed by atoms with Crippen molar-refractivity contribution in [2.24, 2.45) is 5.41 Å². The summed E-state index contributed by atoms with van der Waals surface area (Å²) in [5.74, 6) is -0.977. The fourth-order valence-corrected chi connectivity index (χ4v) is 1.99. The highest BCUT2D eigenvalue weighted by Crippen LogP contribution is 2.28. The van der Waals surface area contributed by atoms with Crippen molar-refractivity contribution in [2.75, 3.05) is 19.8 Å². The lowest BCUT2D eigenvalue weighted by Gasteiger charge is -2.33. The van der Waals surface area contributed by atoms with E-state index < -0.39 is 5.82 Å². The van der Waals surface area contributed by atoms with Crippen molar-refractivity contribution in [2.45, 2.75) is 19.8 Å². The summed E-state index contributed by atoms with van der Waals surface area (Å²) >= 11 is 0. The lowest BCUT2D eigenvalue weighted by atomic mass is 9.82. The molecule has 1 saturated heterocycles. The molecule has 0 aromatic carbocycles. The molecule has 18 heavy (non-hydrogen) atoms. The Balaban J connectivity index is 1.94. The van der Waals surface area contributed by atoms with Crippen LogP contribution in [0.25, 0.3) is 0 Å². The number of halogens is 1. The van der Waals surface area contributed by atoms with Crippen molar-refractivity contribution < 1.29 is 13.9 Å². The molecule has 1 N–H and O–H groups in total. The maximum Gasteiger partial charge on any atom is 0.254 e. The highest BCUT2D eigenvalue weighted by atomic mass is 19.1. The molecule has 4 nitrogen and oxygen atoms in total. The van der Waals surface area contributed by atoms with Gasteiger partial charge in [-0.25, -0.2) is 4.39 Å². The van der Waals surface area contributed by atoms with E-state index in [-0.39, 0.29) is 16.9 Å². The summed E-state index contributed by atoms with van der Waals surface area (Å²) in [4.78, 5) is 15.5. The average molecular weight is 252 g/mol. The van der Waals surface area contributed by atoms with Crippen molar-refractivity contribution in [1.82, 2.24) is 10.3 Å². The molecule has 0 atom stereocenters. The van der Waals surface area contributed by atoms with Crippen LogP contribution in [0.1, 0.15) is 30.1 Å². The van der Waals surface area contributed by atoms with Gasteiger partial charge in [-0.1, -0.05) is 6.92 Å². The van der Waals surface area contributed by atoms with Crippen molar-refractivity contribution in [3.63, 3.8) is 0 Å². The van der Waals surface area contributed by atoms with E-state index >= 15 is 0 Å². The summed E-state index contributed by atoms with van der Waals surface area (Å²) in [7, 11) is 0. The molecule has 1 fully saturated rings. The van der Waals surface area contributed by atoms with Gasteiger partial charge in [-0.15, -0.1) is 0 Å². The predicted octanol–water partition coefficient (Wildman–Crippen LogP) is 1.77. The Morgan fingerprint density at radius 2 is 2.28 bits per heavy atom. The van der Waals surface area contributed by atoms with Gasteiger partial charge in [0.25, 0.3) is 5.91 Å². The van der Waals surface area contributed by atoms with Crippen molar-refractivity contribution in [3.05, 3.63) is 29.8 Å². The second-order valence-electron chi connectivity index (χ2n) is 4.96. The molecule has 1 amide bonds. The van der Waals surface area contributed by atoms with Gasteiger partial charge < -0.3 is 10.1 Å². The fraction of sp³-hybridized carbons (Fsp3) is 0.538. The van der Waals surface area contributed by atoms with Crippen LogP contribution in [0.3, 0.4) is 0 Å². The number of nitrogens with zero attached hydrogens (tertiary/aromatic N) is 1. The third-order valence-electron chi connectivity index (χ3n) is 3.39. The second kappa shape index (κ2) is 5.44. The minimum absolute atomic E-state index is 0.0391. The Bertz CT molecular complexity index is 431. The zero-order valence-electron chi connectivity index (χ0n) is 10.4. The maximum atomic E-state index is 13.4. The van der Waals surface area contributed by atoms with Gasteiger partial charge in [0.2, 0.25) is 0 Å². The molecule has 98 valence electrons. The van der Waals surface area contributed by atoms with Gasteiger partial charge in [0, 0.05) is 26.0 Å². The molecule has 1 aromatic rings. The Hall–Kier alpha value is -1.49. The highest BCUT2D eigenvalue weighted by molar-refractivity contribution is 5.94. The number of carbonyl (C=O) groups excluding carboxylic acids is 1. The largest absolute Gasteiger partial charge is 0.381 e. The van der Waals surface area contributed by atoms with E-state index in [0.29, 0.717) is 6.54 Å². The summed E-state index contributed by atoms with van der Waals surface area (Å²) in [6.45, 7) is 4.08. The van der Waals surface area contributed by atoms with Crippen LogP contribution in [0.15, 0.2) is 18.5 Å². The van der Waals surface area contributed by atoms with Gasteiger partial charge >= 0.3 is 0 Å². The number of rotatable bonds is 3. The van der Waals surface area contributed by atoms with Gasteiger partial charge in [-0.2, -0.15) is 0 Å². The summed E-state index contributed by atoms with van der Waals surface area (Å²) < 4.78 is 18.7. The van der Waals surface area contributed by atoms with Crippen LogP contribution in [0.4, 0.5) is 4.39 Å². The molecule has 0 aliphatic carbocycles. The second-order valence-corrected chi connectivity index (χ2v) is 4.96. The summed E-state index contributed by atoms with van der Waals surface area (Å²) in [6, 6.07) is 1.39. The van der Waals surface area contributed by atoms with Crippen LogP contribution < -0.4 is 5.32 Å². The molecule has 2 rings (SSSR count). The monoisotopic (exact) mass is 252 g/mol. The maximum absolute atomic E-state index is 13.4. The van der Waals surface area contributed by atoms with Crippen molar-refractivity contribution in [3.8, 4) is 0 Å². The lowest BCUT2D eigenvalue weighted by molar-refractivity contribution is 0.0238. The SMILES string of the molecule is CC1(CNC(=O)c2ccncc2F)CCOCC1. The van der Waals surface area contributed by atoms with Gasteiger partial charge in [0.1, 0.15) is 0 Å². The molecular formula is C13H17FN2O2. The van der Waals surface area contributed by atoms with E-state index in [1.54, 1.807) is 0 Å². The molecule has 1 aliphatic rings. The van der Waals surface area contributed by atoms with Crippen molar-refractivity contribution in [1.29, 1.82) is 0 Å². The van der Waals surface area contributed by atoms with Crippen LogP contribution in [-0.2, 0) is 4.74 Å². The Kier molecular flexibility index (Phi) is 3.91. The standard InChI is InChI=1S/C13H17FN2O2/c1-13(3-6-18-7-4-13)9-16-12(17)10-2-5-15-8-11(10)14/h2,5,8H,3-4,6-7,9H2,1H3,(H,16,17). The zero-order chi connectivity index (χ0) is 13.0. The zero-order valence-corrected chi connectivity index (χ0v) is 10.4. The molecule has 2 heterocycles. The first-order valence-corrected chi connectivity index (χ1v) is 6.06.